The van der Waals surface area contributed by atoms with Crippen LogP contribution in [0.3, 0.4) is 0 Å². The van der Waals surface area contributed by atoms with Crippen LogP contribution in [-0.2, 0) is 4.74 Å². The van der Waals surface area contributed by atoms with E-state index in [4.69, 9.17) is 9.84 Å². The minimum Gasteiger partial charge on any atom is -0.384 e. The van der Waals surface area contributed by atoms with Gasteiger partial charge in [-0.25, -0.2) is 0 Å². The van der Waals surface area contributed by atoms with Crippen LogP contribution in [0.15, 0.2) is 11.4 Å². The molecule has 6 heteroatoms. The lowest BCUT2D eigenvalue weighted by atomic mass is 10.2. The number of hydrogen-bond donors (Lipinski definition) is 2. The van der Waals surface area contributed by atoms with Crippen molar-refractivity contribution in [1.29, 1.82) is 0 Å². The summed E-state index contributed by atoms with van der Waals surface area (Å²) < 4.78 is 5.39. The zero-order valence-corrected chi connectivity index (χ0v) is 12.6. The smallest absolute Gasteiger partial charge is 0.262 e. The Morgan fingerprint density at radius 1 is 1.50 bits per heavy atom. The number of ether oxygens (including phenoxy) is 1. The normalized spacial score (nSPS) is 10.2. The summed E-state index contributed by atoms with van der Waals surface area (Å²) in [6.07, 6.45) is 0. The molecule has 2 N–H and O–H groups in total. The van der Waals surface area contributed by atoms with Crippen molar-refractivity contribution in [2.75, 3.05) is 47.0 Å². The molecule has 0 unspecified atom stereocenters. The maximum atomic E-state index is 11.9. The predicted octanol–water partition coefficient (Wildman–Crippen LogP) is 0.400. The summed E-state index contributed by atoms with van der Waals surface area (Å²) in [4.78, 5) is 14.5. The van der Waals surface area contributed by atoms with Gasteiger partial charge in [0.05, 0.1) is 13.2 Å². The lowest BCUT2D eigenvalue weighted by Crippen LogP contribution is -2.28. The molecular formula is C14H20N2O3S. The zero-order valence-electron chi connectivity index (χ0n) is 11.8. The van der Waals surface area contributed by atoms with Crippen LogP contribution < -0.4 is 5.32 Å². The number of aliphatic hydroxyl groups is 1. The Labute approximate surface area is 123 Å². The first-order valence-corrected chi connectivity index (χ1v) is 7.21. The third-order valence-electron chi connectivity index (χ3n) is 2.39. The molecule has 0 fully saturated rings. The van der Waals surface area contributed by atoms with E-state index >= 15 is 0 Å². The molecule has 1 amide bonds. The summed E-state index contributed by atoms with van der Waals surface area (Å²) in [5.74, 6) is 5.15. The molecule has 0 aliphatic heterocycles. The van der Waals surface area contributed by atoms with Gasteiger partial charge in [-0.15, -0.1) is 11.3 Å². The number of carbonyl (C=O) groups is 1. The van der Waals surface area contributed by atoms with Crippen molar-refractivity contribution in [3.8, 4) is 11.8 Å². The van der Waals surface area contributed by atoms with Crippen molar-refractivity contribution in [1.82, 2.24) is 10.2 Å². The fourth-order valence-corrected chi connectivity index (χ4v) is 2.15. The van der Waals surface area contributed by atoms with Crippen LogP contribution in [-0.4, -0.2) is 62.9 Å². The van der Waals surface area contributed by atoms with Crippen molar-refractivity contribution in [3.05, 3.63) is 21.9 Å². The second-order valence-corrected chi connectivity index (χ2v) is 5.21. The number of rotatable bonds is 7. The number of nitrogens with one attached hydrogen (secondary N) is 1. The highest BCUT2D eigenvalue weighted by Gasteiger charge is 2.10. The molecule has 0 radical (unpaired) electrons. The van der Waals surface area contributed by atoms with E-state index in [0.717, 1.165) is 6.54 Å². The summed E-state index contributed by atoms with van der Waals surface area (Å²) in [6, 6.07) is 1.77. The molecule has 1 rings (SSSR count). The number of amides is 1. The molecule has 0 saturated carbocycles. The highest BCUT2D eigenvalue weighted by atomic mass is 32.1. The van der Waals surface area contributed by atoms with Crippen molar-refractivity contribution in [2.45, 2.75) is 0 Å². The zero-order chi connectivity index (χ0) is 14.8. The van der Waals surface area contributed by atoms with E-state index in [0.29, 0.717) is 30.2 Å². The molecule has 1 heterocycles. The summed E-state index contributed by atoms with van der Waals surface area (Å²) in [7, 11) is 3.97. The van der Waals surface area contributed by atoms with Crippen molar-refractivity contribution in [2.24, 2.45) is 0 Å². The van der Waals surface area contributed by atoms with Gasteiger partial charge in [-0.2, -0.15) is 0 Å². The molecule has 110 valence electrons. The molecule has 0 bridgehead atoms. The molecule has 1 aromatic rings. The van der Waals surface area contributed by atoms with Crippen LogP contribution in [0.2, 0.25) is 0 Å². The van der Waals surface area contributed by atoms with Gasteiger partial charge in [0.25, 0.3) is 5.91 Å². The largest absolute Gasteiger partial charge is 0.384 e. The highest BCUT2D eigenvalue weighted by Crippen LogP contribution is 2.15. The Bertz CT molecular complexity index is 474. The monoisotopic (exact) mass is 296 g/mol. The van der Waals surface area contributed by atoms with E-state index in [1.165, 1.54) is 11.3 Å². The van der Waals surface area contributed by atoms with E-state index in [-0.39, 0.29) is 12.5 Å². The first-order valence-electron chi connectivity index (χ1n) is 6.33. The van der Waals surface area contributed by atoms with E-state index in [1.54, 1.807) is 6.07 Å². The molecule has 0 saturated heterocycles. The van der Waals surface area contributed by atoms with Crippen molar-refractivity contribution < 1.29 is 14.6 Å². The van der Waals surface area contributed by atoms with Gasteiger partial charge in [-0.3, -0.25) is 4.79 Å². The van der Waals surface area contributed by atoms with E-state index in [1.807, 2.05) is 24.4 Å². The Balaban J connectivity index is 2.31. The Morgan fingerprint density at radius 3 is 3.00 bits per heavy atom. The minimum absolute atomic E-state index is 0.154. The molecular weight excluding hydrogens is 276 g/mol. The maximum absolute atomic E-state index is 11.9. The third-order valence-corrected chi connectivity index (χ3v) is 3.30. The average molecular weight is 296 g/mol. The minimum atomic E-state index is -0.212. The summed E-state index contributed by atoms with van der Waals surface area (Å²) in [6.45, 7) is 2.26. The van der Waals surface area contributed by atoms with Crippen molar-refractivity contribution >= 4 is 17.2 Å². The summed E-state index contributed by atoms with van der Waals surface area (Å²) in [5, 5.41) is 13.3. The van der Waals surface area contributed by atoms with E-state index < -0.39 is 0 Å². The number of carbonyl (C=O) groups excluding carboxylic acids is 1. The number of aliphatic hydroxyl groups excluding tert-OH is 1. The van der Waals surface area contributed by atoms with Crippen molar-refractivity contribution in [3.63, 3.8) is 0 Å². The fraction of sp³-hybridized carbons (Fsp3) is 0.500. The second kappa shape index (κ2) is 9.50. The van der Waals surface area contributed by atoms with Gasteiger partial charge in [0.2, 0.25) is 0 Å². The molecule has 1 aromatic heterocycles. The van der Waals surface area contributed by atoms with Crippen LogP contribution in [0.1, 0.15) is 15.2 Å². The first kappa shape index (κ1) is 16.7. The molecule has 0 aromatic carbocycles. The molecule has 0 aliphatic carbocycles. The highest BCUT2D eigenvalue weighted by molar-refractivity contribution is 7.12. The van der Waals surface area contributed by atoms with Crippen LogP contribution in [0.25, 0.3) is 0 Å². The average Bonchev–Trinajstić information content (AvgIpc) is 2.88. The number of hydrogen-bond acceptors (Lipinski definition) is 5. The van der Waals surface area contributed by atoms with Crippen LogP contribution in [0, 0.1) is 11.8 Å². The topological polar surface area (TPSA) is 61.8 Å². The van der Waals surface area contributed by atoms with Crippen LogP contribution in [0.5, 0.6) is 0 Å². The van der Waals surface area contributed by atoms with Gasteiger partial charge in [-0.1, -0.05) is 11.8 Å². The van der Waals surface area contributed by atoms with Gasteiger partial charge in [-0.05, 0) is 25.5 Å². The summed E-state index contributed by atoms with van der Waals surface area (Å²) in [5.41, 5.74) is 0.648. The lowest BCUT2D eigenvalue weighted by molar-refractivity contribution is 0.0903. The lowest BCUT2D eigenvalue weighted by Gasteiger charge is -2.10. The molecule has 0 aliphatic rings. The quantitative estimate of drug-likeness (QED) is 0.565. The SMILES string of the molecule is CN(C)CCOCCNC(=O)c1sccc1C#CCO. The Hall–Kier alpha value is -1.39. The number of likely N-dealkylation sites (N-methyl/N-ethyl adjacent to an activating group) is 1. The number of nitrogens with zero attached hydrogens (tertiary/aromatic N) is 1. The van der Waals surface area contributed by atoms with Gasteiger partial charge < -0.3 is 20.1 Å². The maximum Gasteiger partial charge on any atom is 0.262 e. The van der Waals surface area contributed by atoms with E-state index in [2.05, 4.69) is 17.2 Å². The van der Waals surface area contributed by atoms with Crippen LogP contribution in [0.4, 0.5) is 0 Å². The van der Waals surface area contributed by atoms with Crippen LogP contribution >= 0.6 is 11.3 Å². The second-order valence-electron chi connectivity index (χ2n) is 4.29. The Morgan fingerprint density at radius 2 is 2.30 bits per heavy atom. The molecule has 20 heavy (non-hydrogen) atoms. The molecule has 0 atom stereocenters. The van der Waals surface area contributed by atoms with Gasteiger partial charge in [0, 0.05) is 18.7 Å². The fourth-order valence-electron chi connectivity index (χ4n) is 1.38. The third kappa shape index (κ3) is 6.17. The molecule has 5 nitrogen and oxygen atoms in total. The predicted molar refractivity (Wildman–Crippen MR) is 80.0 cm³/mol. The van der Waals surface area contributed by atoms with E-state index in [9.17, 15) is 4.79 Å². The number of thiophene rings is 1. The van der Waals surface area contributed by atoms with Gasteiger partial charge in [0.15, 0.2) is 0 Å². The standard InChI is InChI=1S/C14H20N2O3S/c1-16(2)7-10-19-9-6-15-14(18)13-12(4-3-8-17)5-11-20-13/h5,11,17H,6-10H2,1-2H3,(H,15,18). The molecule has 0 spiro atoms. The summed E-state index contributed by atoms with van der Waals surface area (Å²) >= 11 is 1.34. The first-order chi connectivity index (χ1) is 9.65. The Kier molecular flexibility index (Phi) is 7.92. The van der Waals surface area contributed by atoms with Gasteiger partial charge >= 0.3 is 0 Å². The van der Waals surface area contributed by atoms with Gasteiger partial charge in [0.1, 0.15) is 11.5 Å².